The average molecular weight is 326 g/mol. The fourth-order valence-corrected chi connectivity index (χ4v) is 1.28. The van der Waals surface area contributed by atoms with E-state index in [1.165, 1.54) is 13.8 Å². The third-order valence-corrected chi connectivity index (χ3v) is 2.46. The summed E-state index contributed by atoms with van der Waals surface area (Å²) in [5.41, 5.74) is 0.371. The van der Waals surface area contributed by atoms with Crippen molar-refractivity contribution in [2.75, 3.05) is 19.8 Å². The van der Waals surface area contributed by atoms with Crippen LogP contribution in [-0.4, -0.2) is 48.9 Å². The van der Waals surface area contributed by atoms with Crippen LogP contribution in [0.2, 0.25) is 0 Å². The Morgan fingerprint density at radius 3 is 2.00 bits per heavy atom. The number of carbonyl (C=O) groups excluding carboxylic acids is 3. The second-order valence-electron chi connectivity index (χ2n) is 4.85. The average Bonchev–Trinajstić information content (AvgIpc) is 2.49. The number of rotatable bonds is 10. The first-order valence-corrected chi connectivity index (χ1v) is 6.83. The highest BCUT2D eigenvalue weighted by atomic mass is 16.6. The van der Waals surface area contributed by atoms with Crippen molar-refractivity contribution in [2.45, 2.75) is 26.4 Å². The maximum atomic E-state index is 11.6. The molecule has 0 aromatic heterocycles. The largest absolute Gasteiger partial charge is 0.460 e. The molecular formula is C16H22O7. The maximum absolute atomic E-state index is 11.6. The minimum absolute atomic E-state index is 0.0179. The van der Waals surface area contributed by atoms with Gasteiger partial charge in [-0.15, -0.1) is 0 Å². The van der Waals surface area contributed by atoms with Crippen LogP contribution < -0.4 is 0 Å². The summed E-state index contributed by atoms with van der Waals surface area (Å²) in [4.78, 5) is 34.6. The quantitative estimate of drug-likeness (QED) is 0.364. The number of hydrogen-bond donors (Lipinski definition) is 1. The van der Waals surface area contributed by atoms with E-state index in [1.807, 2.05) is 0 Å². The summed E-state index contributed by atoms with van der Waals surface area (Å²) < 4.78 is 14.7. The monoisotopic (exact) mass is 326 g/mol. The van der Waals surface area contributed by atoms with Gasteiger partial charge in [-0.2, -0.15) is 0 Å². The molecule has 0 bridgehead atoms. The summed E-state index contributed by atoms with van der Waals surface area (Å²) in [5, 5.41) is 8.60. The maximum Gasteiger partial charge on any atom is 0.333 e. The highest BCUT2D eigenvalue weighted by Gasteiger charge is 2.22. The molecular weight excluding hydrogens is 304 g/mol. The van der Waals surface area contributed by atoms with Crippen LogP contribution >= 0.6 is 0 Å². The van der Waals surface area contributed by atoms with Crippen molar-refractivity contribution >= 4 is 17.9 Å². The first-order chi connectivity index (χ1) is 10.7. The van der Waals surface area contributed by atoms with Gasteiger partial charge in [-0.1, -0.05) is 19.7 Å². The van der Waals surface area contributed by atoms with E-state index in [-0.39, 0.29) is 43.0 Å². The molecule has 0 heterocycles. The van der Waals surface area contributed by atoms with E-state index in [0.29, 0.717) is 0 Å². The molecule has 23 heavy (non-hydrogen) atoms. The highest BCUT2D eigenvalue weighted by molar-refractivity contribution is 5.89. The van der Waals surface area contributed by atoms with Crippen molar-refractivity contribution in [3.63, 3.8) is 0 Å². The minimum atomic E-state index is -0.920. The molecule has 0 saturated heterocycles. The van der Waals surface area contributed by atoms with Crippen molar-refractivity contribution in [3.8, 4) is 0 Å². The Kier molecular flexibility index (Phi) is 9.26. The second-order valence-corrected chi connectivity index (χ2v) is 4.85. The summed E-state index contributed by atoms with van der Waals surface area (Å²) >= 11 is 0. The third kappa shape index (κ3) is 8.57. The van der Waals surface area contributed by atoms with E-state index in [9.17, 15) is 14.4 Å². The zero-order chi connectivity index (χ0) is 18.0. The van der Waals surface area contributed by atoms with Gasteiger partial charge in [0, 0.05) is 23.1 Å². The van der Waals surface area contributed by atoms with Gasteiger partial charge in [-0.3, -0.25) is 0 Å². The van der Waals surface area contributed by atoms with E-state index in [0.717, 1.165) is 0 Å². The highest BCUT2D eigenvalue weighted by Crippen LogP contribution is 2.12. The molecule has 7 heteroatoms. The molecule has 0 radical (unpaired) electrons. The molecule has 0 aliphatic rings. The lowest BCUT2D eigenvalue weighted by Crippen LogP contribution is -2.27. The van der Waals surface area contributed by atoms with Crippen molar-refractivity contribution in [2.24, 2.45) is 0 Å². The fourth-order valence-electron chi connectivity index (χ4n) is 1.28. The normalized spacial score (nSPS) is 11.1. The molecule has 0 amide bonds. The standard InChI is InChI=1S/C16H22O7/c1-10(2)14(18)22-9-13(23-15(19)11(3)4)8-12(5)16(20)21-7-6-17/h13,17H,1,3,5-9H2,2,4H3. The lowest BCUT2D eigenvalue weighted by molar-refractivity contribution is -0.154. The molecule has 128 valence electrons. The lowest BCUT2D eigenvalue weighted by Gasteiger charge is -2.18. The number of aliphatic hydroxyl groups excluding tert-OH is 1. The summed E-state index contributed by atoms with van der Waals surface area (Å²) in [5.74, 6) is -2.06. The van der Waals surface area contributed by atoms with Crippen LogP contribution in [0, 0.1) is 0 Å². The summed E-state index contributed by atoms with van der Waals surface area (Å²) in [6, 6.07) is 0. The van der Waals surface area contributed by atoms with E-state index in [4.69, 9.17) is 19.3 Å². The van der Waals surface area contributed by atoms with E-state index >= 15 is 0 Å². The van der Waals surface area contributed by atoms with Gasteiger partial charge in [0.1, 0.15) is 19.3 Å². The van der Waals surface area contributed by atoms with Gasteiger partial charge in [-0.05, 0) is 13.8 Å². The molecule has 0 saturated carbocycles. The zero-order valence-corrected chi connectivity index (χ0v) is 13.4. The predicted molar refractivity (Wildman–Crippen MR) is 82.3 cm³/mol. The first kappa shape index (κ1) is 20.6. The smallest absolute Gasteiger partial charge is 0.333 e. The molecule has 0 rings (SSSR count). The Morgan fingerprint density at radius 1 is 0.957 bits per heavy atom. The van der Waals surface area contributed by atoms with Crippen molar-refractivity contribution in [1.82, 2.24) is 0 Å². The number of esters is 3. The van der Waals surface area contributed by atoms with Gasteiger partial charge in [0.2, 0.25) is 0 Å². The Labute approximate surface area is 135 Å². The molecule has 1 atom stereocenters. The van der Waals surface area contributed by atoms with Crippen LogP contribution in [0.5, 0.6) is 0 Å². The van der Waals surface area contributed by atoms with Crippen LogP contribution in [0.1, 0.15) is 20.3 Å². The van der Waals surface area contributed by atoms with Gasteiger partial charge in [-0.25, -0.2) is 14.4 Å². The Hall–Kier alpha value is -2.41. The molecule has 0 aliphatic carbocycles. The molecule has 0 aliphatic heterocycles. The van der Waals surface area contributed by atoms with E-state index in [1.54, 1.807) is 0 Å². The molecule has 7 nitrogen and oxygen atoms in total. The van der Waals surface area contributed by atoms with Crippen LogP contribution in [0.15, 0.2) is 36.5 Å². The van der Waals surface area contributed by atoms with Gasteiger partial charge in [0.15, 0.2) is 0 Å². The van der Waals surface area contributed by atoms with Crippen molar-refractivity contribution < 1.29 is 33.7 Å². The molecule has 1 unspecified atom stereocenters. The van der Waals surface area contributed by atoms with Crippen molar-refractivity contribution in [3.05, 3.63) is 36.5 Å². The SMILES string of the molecule is C=C(C)C(=O)OCC(CC(=C)C(=O)OCCO)OC(=O)C(=C)C. The third-order valence-electron chi connectivity index (χ3n) is 2.46. The number of carbonyl (C=O) groups is 3. The van der Waals surface area contributed by atoms with Crippen LogP contribution in [0.4, 0.5) is 0 Å². The Morgan fingerprint density at radius 2 is 1.52 bits per heavy atom. The predicted octanol–water partition coefficient (Wildman–Crippen LogP) is 1.08. The number of hydrogen-bond acceptors (Lipinski definition) is 7. The van der Waals surface area contributed by atoms with Gasteiger partial charge >= 0.3 is 17.9 Å². The first-order valence-electron chi connectivity index (χ1n) is 6.83. The fraction of sp³-hybridized carbons (Fsp3) is 0.438. The topological polar surface area (TPSA) is 99.1 Å². The molecule has 0 fully saturated rings. The lowest BCUT2D eigenvalue weighted by atomic mass is 10.1. The van der Waals surface area contributed by atoms with Gasteiger partial charge < -0.3 is 19.3 Å². The summed E-state index contributed by atoms with van der Waals surface area (Å²) in [6.45, 7) is 12.6. The van der Waals surface area contributed by atoms with Gasteiger partial charge in [0.25, 0.3) is 0 Å². The van der Waals surface area contributed by atoms with E-state index in [2.05, 4.69) is 19.7 Å². The van der Waals surface area contributed by atoms with E-state index < -0.39 is 24.0 Å². The molecule has 0 spiro atoms. The van der Waals surface area contributed by atoms with Crippen molar-refractivity contribution in [1.29, 1.82) is 0 Å². The van der Waals surface area contributed by atoms with Crippen LogP contribution in [-0.2, 0) is 28.6 Å². The molecule has 1 N–H and O–H groups in total. The second kappa shape index (κ2) is 10.3. The Balaban J connectivity index is 4.76. The Bertz CT molecular complexity index is 505. The summed E-state index contributed by atoms with van der Waals surface area (Å²) in [6.07, 6.45) is -1.01. The summed E-state index contributed by atoms with van der Waals surface area (Å²) in [7, 11) is 0. The molecule has 0 aromatic rings. The van der Waals surface area contributed by atoms with Crippen LogP contribution in [0.3, 0.4) is 0 Å². The van der Waals surface area contributed by atoms with Gasteiger partial charge in [0.05, 0.1) is 6.61 Å². The minimum Gasteiger partial charge on any atom is -0.460 e. The number of aliphatic hydroxyl groups is 1. The zero-order valence-electron chi connectivity index (χ0n) is 13.4. The van der Waals surface area contributed by atoms with Crippen LogP contribution in [0.25, 0.3) is 0 Å². The number of ether oxygens (including phenoxy) is 3. The molecule has 0 aromatic carbocycles.